The molecule has 224 valence electrons. The highest BCUT2D eigenvalue weighted by Gasteiger charge is 2.37. The third-order valence-electron chi connectivity index (χ3n) is 6.43. The molecule has 0 aliphatic carbocycles. The molecule has 1 N–H and O–H groups in total. The molecular formula is C30H20F3N3O7S. The average Bonchev–Trinajstić information content (AvgIpc) is 3.24. The zero-order valence-corrected chi connectivity index (χ0v) is 23.4. The summed E-state index contributed by atoms with van der Waals surface area (Å²) in [6.07, 6.45) is -3.40. The second-order valence-corrected chi connectivity index (χ2v) is 10.3. The number of rotatable bonds is 8. The number of carbonyl (C=O) groups is 3. The molecule has 4 aromatic carbocycles. The second kappa shape index (κ2) is 12.1. The minimum absolute atomic E-state index is 0.0297. The maximum Gasteiger partial charge on any atom is 0.416 e. The van der Waals surface area contributed by atoms with Gasteiger partial charge in [0.2, 0.25) is 11.7 Å². The van der Waals surface area contributed by atoms with Crippen molar-refractivity contribution in [3.8, 4) is 17.2 Å². The van der Waals surface area contributed by atoms with Crippen LogP contribution in [0.15, 0.2) is 83.8 Å². The third kappa shape index (κ3) is 6.34. The lowest BCUT2D eigenvalue weighted by Crippen LogP contribution is -2.36. The monoisotopic (exact) mass is 623 g/mol. The first-order valence-electron chi connectivity index (χ1n) is 12.7. The zero-order chi connectivity index (χ0) is 31.6. The van der Waals surface area contributed by atoms with Crippen molar-refractivity contribution in [1.82, 2.24) is 4.90 Å². The van der Waals surface area contributed by atoms with E-state index in [0.717, 1.165) is 21.7 Å². The summed E-state index contributed by atoms with van der Waals surface area (Å²) < 4.78 is 49.9. The van der Waals surface area contributed by atoms with Gasteiger partial charge in [0.15, 0.2) is 11.5 Å². The van der Waals surface area contributed by atoms with Crippen LogP contribution in [-0.2, 0) is 15.8 Å². The Kier molecular flexibility index (Phi) is 8.27. The molecule has 44 heavy (non-hydrogen) atoms. The first-order chi connectivity index (χ1) is 20.9. The predicted molar refractivity (Wildman–Crippen MR) is 156 cm³/mol. The van der Waals surface area contributed by atoms with E-state index in [0.29, 0.717) is 35.1 Å². The third-order valence-corrected chi connectivity index (χ3v) is 7.33. The van der Waals surface area contributed by atoms with Crippen LogP contribution in [0.5, 0.6) is 17.2 Å². The Balaban J connectivity index is 1.32. The van der Waals surface area contributed by atoms with Crippen LogP contribution in [0, 0.1) is 10.1 Å². The number of anilines is 1. The van der Waals surface area contributed by atoms with Gasteiger partial charge in [0.1, 0.15) is 6.54 Å². The van der Waals surface area contributed by atoms with Gasteiger partial charge >= 0.3 is 11.9 Å². The van der Waals surface area contributed by atoms with Crippen LogP contribution >= 0.6 is 11.8 Å². The predicted octanol–water partition coefficient (Wildman–Crippen LogP) is 7.24. The fraction of sp³-hybridized carbons (Fsp3) is 0.100. The highest BCUT2D eigenvalue weighted by atomic mass is 32.2. The molecule has 0 saturated carbocycles. The van der Waals surface area contributed by atoms with Gasteiger partial charge in [-0.1, -0.05) is 42.5 Å². The Labute approximate surface area is 251 Å². The number of alkyl halides is 3. The van der Waals surface area contributed by atoms with E-state index in [4.69, 9.17) is 9.47 Å². The van der Waals surface area contributed by atoms with E-state index in [1.165, 1.54) is 31.4 Å². The lowest BCUT2D eigenvalue weighted by molar-refractivity contribution is -0.385. The molecule has 1 aliphatic rings. The van der Waals surface area contributed by atoms with E-state index >= 15 is 0 Å². The number of benzene rings is 4. The number of ether oxygens (including phenoxy) is 2. The summed E-state index contributed by atoms with van der Waals surface area (Å²) in [5.41, 5.74) is -1.20. The number of nitro groups is 1. The fourth-order valence-corrected chi connectivity index (χ4v) is 5.19. The number of nitrogens with zero attached hydrogens (tertiary/aromatic N) is 2. The first-order valence-corrected chi connectivity index (χ1v) is 13.5. The van der Waals surface area contributed by atoms with Gasteiger partial charge < -0.3 is 14.8 Å². The number of carbonyl (C=O) groups excluding carboxylic acids is 3. The van der Waals surface area contributed by atoms with E-state index in [2.05, 4.69) is 5.32 Å². The van der Waals surface area contributed by atoms with Crippen molar-refractivity contribution in [2.75, 3.05) is 19.0 Å². The van der Waals surface area contributed by atoms with Crippen molar-refractivity contribution < 1.29 is 42.0 Å². The molecule has 0 bridgehead atoms. The second-order valence-electron chi connectivity index (χ2n) is 9.29. The summed E-state index contributed by atoms with van der Waals surface area (Å²) in [6, 6.07) is 18.8. The van der Waals surface area contributed by atoms with Crippen LogP contribution < -0.4 is 14.8 Å². The van der Waals surface area contributed by atoms with E-state index in [9.17, 15) is 37.7 Å². The maximum absolute atomic E-state index is 13.0. The van der Waals surface area contributed by atoms with Crippen molar-refractivity contribution in [2.45, 2.75) is 6.18 Å². The number of amides is 3. The normalized spacial score (nSPS) is 14.3. The van der Waals surface area contributed by atoms with Gasteiger partial charge in [-0.05, 0) is 59.1 Å². The van der Waals surface area contributed by atoms with Crippen LogP contribution in [0.25, 0.3) is 16.8 Å². The highest BCUT2D eigenvalue weighted by Crippen LogP contribution is 2.41. The van der Waals surface area contributed by atoms with Crippen LogP contribution in [0.3, 0.4) is 0 Å². The zero-order valence-electron chi connectivity index (χ0n) is 22.6. The van der Waals surface area contributed by atoms with Crippen LogP contribution in [0.2, 0.25) is 0 Å². The molecule has 3 amide bonds. The van der Waals surface area contributed by atoms with E-state index in [-0.39, 0.29) is 16.4 Å². The van der Waals surface area contributed by atoms with E-state index in [1.54, 1.807) is 12.1 Å². The summed E-state index contributed by atoms with van der Waals surface area (Å²) in [5, 5.41) is 15.2. The van der Waals surface area contributed by atoms with Crippen molar-refractivity contribution >= 4 is 57.0 Å². The minimum Gasteiger partial charge on any atom is -0.493 e. The van der Waals surface area contributed by atoms with Crippen LogP contribution in [0.4, 0.5) is 29.3 Å². The number of hydrogen-bond donors (Lipinski definition) is 1. The van der Waals surface area contributed by atoms with E-state index in [1.807, 2.05) is 30.3 Å². The van der Waals surface area contributed by atoms with Crippen molar-refractivity contribution in [2.24, 2.45) is 0 Å². The Hall–Kier alpha value is -5.37. The minimum atomic E-state index is -4.79. The van der Waals surface area contributed by atoms with Gasteiger partial charge in [-0.25, -0.2) is 0 Å². The molecule has 14 heteroatoms. The first kappa shape index (κ1) is 30.1. The molecule has 1 heterocycles. The number of fused-ring (bicyclic) bond motifs is 1. The molecule has 0 aromatic heterocycles. The van der Waals surface area contributed by atoms with Gasteiger partial charge in [-0.3, -0.25) is 29.4 Å². The summed E-state index contributed by atoms with van der Waals surface area (Å²) in [4.78, 5) is 49.7. The quantitative estimate of drug-likeness (QED) is 0.124. The molecule has 0 atom stereocenters. The number of thioether (sulfide) groups is 1. The molecule has 5 rings (SSSR count). The van der Waals surface area contributed by atoms with Crippen LogP contribution in [0.1, 0.15) is 11.1 Å². The van der Waals surface area contributed by atoms with Gasteiger partial charge in [0, 0.05) is 17.1 Å². The topological polar surface area (TPSA) is 128 Å². The molecule has 1 aliphatic heterocycles. The molecular weight excluding hydrogens is 603 g/mol. The van der Waals surface area contributed by atoms with Gasteiger partial charge in [0.25, 0.3) is 11.1 Å². The highest BCUT2D eigenvalue weighted by molar-refractivity contribution is 8.18. The van der Waals surface area contributed by atoms with Crippen molar-refractivity contribution in [3.05, 3.63) is 105 Å². The molecule has 0 unspecified atom stereocenters. The lowest BCUT2D eigenvalue weighted by atomic mass is 10.1. The Bertz CT molecular complexity index is 1850. The van der Waals surface area contributed by atoms with Gasteiger partial charge in [0.05, 0.1) is 22.5 Å². The van der Waals surface area contributed by atoms with E-state index < -0.39 is 51.7 Å². The molecule has 4 aromatic rings. The number of nitro benzene ring substituents is 1. The maximum atomic E-state index is 13.0. The smallest absolute Gasteiger partial charge is 0.416 e. The summed E-state index contributed by atoms with van der Waals surface area (Å²) in [5.74, 6) is -1.71. The van der Waals surface area contributed by atoms with Crippen molar-refractivity contribution in [3.63, 3.8) is 0 Å². The number of hydrogen-bond acceptors (Lipinski definition) is 8. The summed E-state index contributed by atoms with van der Waals surface area (Å²) >= 11 is 0.636. The molecule has 10 nitrogen and oxygen atoms in total. The standard InChI is InChI=1S/C30H20F3N3O7S/c1-42-25-13-17(9-11-24(25)43-23-12-10-19(30(31,32)33)15-22(23)36(40)41)14-26-28(38)35(29(39)44-26)16-27(37)34-21-8-4-6-18-5-2-3-7-20(18)21/h2-15H,16H2,1H3,(H,34,37)/b26-14+. The van der Waals surface area contributed by atoms with Gasteiger partial charge in [-0.15, -0.1) is 0 Å². The largest absolute Gasteiger partial charge is 0.493 e. The average molecular weight is 624 g/mol. The Morgan fingerprint density at radius 3 is 2.45 bits per heavy atom. The molecule has 0 radical (unpaired) electrons. The van der Waals surface area contributed by atoms with Crippen molar-refractivity contribution in [1.29, 1.82) is 0 Å². The molecule has 0 spiro atoms. The lowest BCUT2D eigenvalue weighted by Gasteiger charge is -2.14. The number of imide groups is 1. The number of halogens is 3. The summed E-state index contributed by atoms with van der Waals surface area (Å²) in [6.45, 7) is -0.507. The Morgan fingerprint density at radius 2 is 1.73 bits per heavy atom. The molecule has 1 saturated heterocycles. The van der Waals surface area contributed by atoms with Crippen LogP contribution in [-0.4, -0.2) is 40.5 Å². The number of methoxy groups -OCH3 is 1. The van der Waals surface area contributed by atoms with Gasteiger partial charge in [-0.2, -0.15) is 13.2 Å². The molecule has 1 fully saturated rings. The SMILES string of the molecule is COc1cc(/C=C2/SC(=O)N(CC(=O)Nc3cccc4ccccc34)C2=O)ccc1Oc1ccc(C(F)(F)F)cc1[N+](=O)[O-]. The summed E-state index contributed by atoms with van der Waals surface area (Å²) in [7, 11) is 1.27. The Morgan fingerprint density at radius 1 is 1.00 bits per heavy atom. The number of nitrogens with one attached hydrogen (secondary N) is 1. The fourth-order valence-electron chi connectivity index (χ4n) is 4.35.